The van der Waals surface area contributed by atoms with Crippen molar-refractivity contribution in [2.24, 2.45) is 0 Å². The summed E-state index contributed by atoms with van der Waals surface area (Å²) >= 11 is 0.930. The quantitative estimate of drug-likeness (QED) is 0.822. The number of aliphatic hydroxyl groups is 1. The van der Waals surface area contributed by atoms with Gasteiger partial charge in [0.15, 0.2) is 0 Å². The van der Waals surface area contributed by atoms with Gasteiger partial charge in [-0.1, -0.05) is 18.2 Å². The fraction of sp³-hybridized carbons (Fsp3) is 0.263. The highest BCUT2D eigenvalue weighted by Crippen LogP contribution is 2.43. The molecule has 1 aliphatic rings. The molecule has 128 valence electrons. The fourth-order valence-corrected chi connectivity index (χ4v) is 3.54. The minimum atomic E-state index is -1.02. The number of benzene rings is 2. The molecule has 25 heavy (non-hydrogen) atoms. The van der Waals surface area contributed by atoms with Crippen molar-refractivity contribution >= 4 is 22.8 Å². The summed E-state index contributed by atoms with van der Waals surface area (Å²) in [7, 11) is 0. The smallest absolute Gasteiger partial charge is 0.219 e. The highest BCUT2D eigenvalue weighted by atomic mass is 32.2. The van der Waals surface area contributed by atoms with Crippen LogP contribution in [0.25, 0.3) is 0 Å². The molecule has 2 aromatic carbocycles. The van der Waals surface area contributed by atoms with E-state index in [-0.39, 0.29) is 5.12 Å². The van der Waals surface area contributed by atoms with Crippen molar-refractivity contribution in [2.45, 2.75) is 31.5 Å². The number of carbonyl (C=O) groups excluding carboxylic acids is 1. The highest BCUT2D eigenvalue weighted by molar-refractivity contribution is 8.14. The van der Waals surface area contributed by atoms with Crippen molar-refractivity contribution in [3.05, 3.63) is 59.7 Å². The van der Waals surface area contributed by atoms with E-state index in [9.17, 15) is 9.90 Å². The lowest BCUT2D eigenvalue weighted by Gasteiger charge is -2.41. The second-order valence-electron chi connectivity index (χ2n) is 6.38. The monoisotopic (exact) mass is 354 g/mol. The third-order valence-corrected chi connectivity index (χ3v) is 4.97. The third-order valence-electron chi connectivity index (χ3n) is 4.17. The van der Waals surface area contributed by atoms with Crippen LogP contribution in [0.4, 0.5) is 5.69 Å². The molecule has 0 radical (unpaired) electrons. The van der Waals surface area contributed by atoms with Gasteiger partial charge in [0.2, 0.25) is 5.12 Å². The Morgan fingerprint density at radius 2 is 2.00 bits per heavy atom. The molecule has 0 bridgehead atoms. The zero-order valence-electron chi connectivity index (χ0n) is 13.9. The number of nitrogens with one attached hydrogen (secondary N) is 1. The fourth-order valence-electron chi connectivity index (χ4n) is 2.80. The van der Waals surface area contributed by atoms with Crippen LogP contribution in [0.3, 0.4) is 0 Å². The lowest BCUT2D eigenvalue weighted by atomic mass is 9.81. The van der Waals surface area contributed by atoms with Gasteiger partial charge in [0.25, 0.3) is 0 Å². The second-order valence-corrected chi connectivity index (χ2v) is 7.19. The number of anilines is 1. The van der Waals surface area contributed by atoms with E-state index in [2.05, 4.69) is 10.8 Å². The van der Waals surface area contributed by atoms with Crippen LogP contribution in [0.1, 0.15) is 30.9 Å². The summed E-state index contributed by atoms with van der Waals surface area (Å²) in [5.74, 6) is -0.263. The summed E-state index contributed by atoms with van der Waals surface area (Å²) in [5.41, 5.74) is 0.855. The van der Waals surface area contributed by atoms with E-state index < -0.39 is 17.6 Å². The predicted octanol–water partition coefficient (Wildman–Crippen LogP) is 3.46. The van der Waals surface area contributed by atoms with Gasteiger partial charge < -0.3 is 14.6 Å². The molecule has 0 fully saturated rings. The van der Waals surface area contributed by atoms with Crippen LogP contribution in [0.5, 0.6) is 5.75 Å². The Morgan fingerprint density at radius 1 is 1.28 bits per heavy atom. The Kier molecular flexibility index (Phi) is 4.71. The first-order valence-electron chi connectivity index (χ1n) is 7.85. The van der Waals surface area contributed by atoms with Gasteiger partial charge in [-0.2, -0.15) is 5.26 Å². The molecule has 2 atom stereocenters. The van der Waals surface area contributed by atoms with E-state index in [4.69, 9.17) is 10.00 Å². The van der Waals surface area contributed by atoms with Crippen LogP contribution in [-0.4, -0.2) is 21.9 Å². The van der Waals surface area contributed by atoms with Crippen molar-refractivity contribution in [3.8, 4) is 11.8 Å². The molecular weight excluding hydrogens is 336 g/mol. The number of rotatable bonds is 3. The molecule has 0 aromatic heterocycles. The molecular formula is C19H18N2O3S. The van der Waals surface area contributed by atoms with Crippen LogP contribution in [0, 0.1) is 11.3 Å². The maximum atomic E-state index is 12.8. The molecule has 2 aromatic rings. The Labute approximate surface area is 150 Å². The maximum Gasteiger partial charge on any atom is 0.219 e. The van der Waals surface area contributed by atoms with Crippen LogP contribution in [-0.2, 0) is 4.79 Å². The predicted molar refractivity (Wildman–Crippen MR) is 97.3 cm³/mol. The topological polar surface area (TPSA) is 82.3 Å². The first-order valence-corrected chi connectivity index (χ1v) is 8.67. The summed E-state index contributed by atoms with van der Waals surface area (Å²) in [5, 5.41) is 19.6. The van der Waals surface area contributed by atoms with Gasteiger partial charge in [0.1, 0.15) is 17.5 Å². The Balaban J connectivity index is 1.90. The number of carbonyl (C=O) groups is 1. The summed E-state index contributed by atoms with van der Waals surface area (Å²) in [6.07, 6.45) is -1.02. The molecule has 5 nitrogen and oxygen atoms in total. The Hall–Kier alpha value is -2.49. The zero-order chi connectivity index (χ0) is 18.0. The number of fused-ring (bicyclic) bond motifs is 1. The molecule has 1 aliphatic heterocycles. The number of hydrogen-bond donors (Lipinski definition) is 2. The summed E-state index contributed by atoms with van der Waals surface area (Å²) in [6, 6.07) is 16.3. The lowest BCUT2D eigenvalue weighted by molar-refractivity contribution is -0.121. The van der Waals surface area contributed by atoms with Gasteiger partial charge in [0.05, 0.1) is 17.6 Å². The lowest BCUT2D eigenvalue weighted by Crippen LogP contribution is -2.50. The summed E-state index contributed by atoms with van der Waals surface area (Å²) < 4.78 is 8.83. The van der Waals surface area contributed by atoms with E-state index in [0.29, 0.717) is 16.9 Å². The molecule has 3 rings (SSSR count). The van der Waals surface area contributed by atoms with Crippen LogP contribution >= 0.6 is 11.9 Å². The van der Waals surface area contributed by atoms with E-state index in [1.54, 1.807) is 32.0 Å². The molecule has 0 saturated heterocycles. The average Bonchev–Trinajstić information content (AvgIpc) is 2.61. The van der Waals surface area contributed by atoms with E-state index >= 15 is 0 Å². The maximum absolute atomic E-state index is 12.8. The van der Waals surface area contributed by atoms with Crippen molar-refractivity contribution in [2.75, 3.05) is 4.72 Å². The number of ether oxygens (including phenoxy) is 1. The molecule has 0 spiro atoms. The third kappa shape index (κ3) is 3.48. The van der Waals surface area contributed by atoms with Crippen molar-refractivity contribution in [1.29, 1.82) is 5.26 Å². The van der Waals surface area contributed by atoms with Gasteiger partial charge in [-0.05, 0) is 44.2 Å². The van der Waals surface area contributed by atoms with Crippen molar-refractivity contribution in [3.63, 3.8) is 0 Å². The molecule has 0 amide bonds. The number of nitrogens with zero attached hydrogens (tertiary/aromatic N) is 1. The van der Waals surface area contributed by atoms with Crippen LogP contribution in [0.15, 0.2) is 48.5 Å². The van der Waals surface area contributed by atoms with E-state index in [0.717, 1.165) is 17.6 Å². The normalized spacial score (nSPS) is 20.7. The number of hydrogen-bond acceptors (Lipinski definition) is 6. The molecule has 0 aliphatic carbocycles. The van der Waals surface area contributed by atoms with Crippen LogP contribution in [0.2, 0.25) is 0 Å². The highest BCUT2D eigenvalue weighted by Gasteiger charge is 2.46. The van der Waals surface area contributed by atoms with E-state index in [1.165, 1.54) is 0 Å². The molecule has 2 N–H and O–H groups in total. The van der Waals surface area contributed by atoms with Crippen LogP contribution < -0.4 is 9.46 Å². The molecule has 6 heteroatoms. The van der Waals surface area contributed by atoms with Crippen molar-refractivity contribution < 1.29 is 14.6 Å². The summed E-state index contributed by atoms with van der Waals surface area (Å²) in [4.78, 5) is 12.8. The first-order chi connectivity index (χ1) is 11.9. The molecule has 0 saturated carbocycles. The number of nitriles is 1. The molecule has 2 unspecified atom stereocenters. The van der Waals surface area contributed by atoms with Crippen molar-refractivity contribution in [1.82, 2.24) is 0 Å². The Bertz CT molecular complexity index is 830. The van der Waals surface area contributed by atoms with Gasteiger partial charge in [-0.3, -0.25) is 4.79 Å². The zero-order valence-corrected chi connectivity index (χ0v) is 14.7. The SMILES string of the molecule is CC1(C)Oc2ccc(C#N)cc2C(C(=O)SNc2ccccc2)C1O. The number of para-hydroxylation sites is 1. The average molecular weight is 354 g/mol. The van der Waals surface area contributed by atoms with Gasteiger partial charge in [-0.15, -0.1) is 0 Å². The standard InChI is InChI=1S/C19H18N2O3S/c1-19(2)17(22)16(14-10-12(11-20)8-9-15(14)24-19)18(23)25-21-13-6-4-3-5-7-13/h3-10,16-17,21-22H,1-2H3. The van der Waals surface area contributed by atoms with Gasteiger partial charge >= 0.3 is 0 Å². The minimum absolute atomic E-state index is 0.232. The number of aliphatic hydroxyl groups excluding tert-OH is 1. The van der Waals surface area contributed by atoms with Gasteiger partial charge in [-0.25, -0.2) is 0 Å². The second kappa shape index (κ2) is 6.79. The molecule has 1 heterocycles. The Morgan fingerprint density at radius 3 is 2.68 bits per heavy atom. The van der Waals surface area contributed by atoms with E-state index in [1.807, 2.05) is 30.3 Å². The van der Waals surface area contributed by atoms with Gasteiger partial charge in [0, 0.05) is 23.2 Å². The summed E-state index contributed by atoms with van der Waals surface area (Å²) in [6.45, 7) is 3.49. The minimum Gasteiger partial charge on any atom is -0.485 e. The first kappa shape index (κ1) is 17.3. The largest absolute Gasteiger partial charge is 0.485 e.